The lowest BCUT2D eigenvalue weighted by atomic mass is 9.87. The van der Waals surface area contributed by atoms with E-state index in [2.05, 4.69) is 39.8 Å². The first-order valence-electron chi connectivity index (χ1n) is 8.56. The lowest BCUT2D eigenvalue weighted by Crippen LogP contribution is -2.05. The average molecular weight is 288 g/mol. The summed E-state index contributed by atoms with van der Waals surface area (Å²) in [5.41, 5.74) is 8.80. The Labute approximate surface area is 131 Å². The van der Waals surface area contributed by atoms with E-state index in [-0.39, 0.29) is 0 Å². The van der Waals surface area contributed by atoms with Crippen molar-refractivity contribution in [3.05, 3.63) is 40.0 Å². The maximum absolute atomic E-state index is 5.80. The molecular weight excluding hydrogens is 256 g/mol. The fraction of sp³-hybridized carbons (Fsp3) is 0.600. The molecule has 0 spiro atoms. The Balaban J connectivity index is 0.00000106. The van der Waals surface area contributed by atoms with Crippen LogP contribution in [0.2, 0.25) is 0 Å². The van der Waals surface area contributed by atoms with Gasteiger partial charge >= 0.3 is 0 Å². The van der Waals surface area contributed by atoms with E-state index in [9.17, 15) is 0 Å². The molecule has 0 saturated heterocycles. The van der Waals surface area contributed by atoms with Crippen molar-refractivity contribution in [2.45, 2.75) is 67.2 Å². The molecule has 0 fully saturated rings. The van der Waals surface area contributed by atoms with Crippen LogP contribution in [0.25, 0.3) is 5.57 Å². The molecule has 1 heteroatoms. The van der Waals surface area contributed by atoms with Crippen molar-refractivity contribution < 1.29 is 4.74 Å². The third-order valence-electron chi connectivity index (χ3n) is 4.11. The van der Waals surface area contributed by atoms with E-state index in [1.54, 1.807) is 0 Å². The minimum Gasteiger partial charge on any atom is -0.377 e. The second kappa shape index (κ2) is 9.04. The fourth-order valence-corrected chi connectivity index (χ4v) is 3.06. The molecular formula is C20H32O. The molecule has 0 aromatic heterocycles. The Morgan fingerprint density at radius 3 is 2.10 bits per heavy atom. The Kier molecular flexibility index (Phi) is 7.74. The third-order valence-corrected chi connectivity index (χ3v) is 4.11. The zero-order valence-electron chi connectivity index (χ0n) is 14.8. The van der Waals surface area contributed by atoms with Crippen LogP contribution in [0.15, 0.2) is 17.7 Å². The van der Waals surface area contributed by atoms with Crippen LogP contribution in [0.1, 0.15) is 69.7 Å². The molecule has 1 heterocycles. The van der Waals surface area contributed by atoms with E-state index in [0.717, 1.165) is 32.5 Å². The molecule has 1 aliphatic rings. The Morgan fingerprint density at radius 1 is 1.00 bits per heavy atom. The first-order chi connectivity index (χ1) is 10.2. The number of benzene rings is 1. The highest BCUT2D eigenvalue weighted by atomic mass is 16.5. The zero-order valence-corrected chi connectivity index (χ0v) is 14.8. The molecule has 118 valence electrons. The van der Waals surface area contributed by atoms with Crippen molar-refractivity contribution >= 4 is 5.57 Å². The van der Waals surface area contributed by atoms with Gasteiger partial charge in [0, 0.05) is 6.61 Å². The van der Waals surface area contributed by atoms with Crippen molar-refractivity contribution in [2.75, 3.05) is 13.2 Å². The molecule has 0 radical (unpaired) electrons. The Hall–Kier alpha value is -1.08. The molecule has 0 N–H and O–H groups in total. The van der Waals surface area contributed by atoms with Gasteiger partial charge in [-0.15, -0.1) is 0 Å². The highest BCUT2D eigenvalue weighted by molar-refractivity contribution is 5.74. The molecule has 1 aromatic carbocycles. The van der Waals surface area contributed by atoms with E-state index >= 15 is 0 Å². The summed E-state index contributed by atoms with van der Waals surface area (Å²) in [5.74, 6) is 0. The third kappa shape index (κ3) is 4.44. The molecule has 0 bridgehead atoms. The van der Waals surface area contributed by atoms with Gasteiger partial charge in [-0.25, -0.2) is 0 Å². The molecule has 1 aromatic rings. The Morgan fingerprint density at radius 2 is 1.57 bits per heavy atom. The summed E-state index contributed by atoms with van der Waals surface area (Å²) in [7, 11) is 0. The summed E-state index contributed by atoms with van der Waals surface area (Å²) in [5, 5.41) is 0. The SMILES string of the molecule is CC.CCc1cc(C)cc(CC)c1C1=C(C)CCCOC1. The van der Waals surface area contributed by atoms with Gasteiger partial charge in [0.25, 0.3) is 0 Å². The first kappa shape index (κ1) is 18.0. The second-order valence-corrected chi connectivity index (χ2v) is 5.58. The average Bonchev–Trinajstić information content (AvgIpc) is 2.73. The van der Waals surface area contributed by atoms with E-state index in [1.807, 2.05) is 13.8 Å². The molecule has 1 aliphatic heterocycles. The lowest BCUT2D eigenvalue weighted by Gasteiger charge is -2.19. The van der Waals surface area contributed by atoms with Crippen LogP contribution in [-0.2, 0) is 17.6 Å². The first-order valence-corrected chi connectivity index (χ1v) is 8.56. The summed E-state index contributed by atoms with van der Waals surface area (Å²) >= 11 is 0. The maximum Gasteiger partial charge on any atom is 0.0722 e. The van der Waals surface area contributed by atoms with E-state index in [1.165, 1.54) is 39.8 Å². The molecule has 0 atom stereocenters. The van der Waals surface area contributed by atoms with Gasteiger partial charge in [-0.1, -0.05) is 51.0 Å². The van der Waals surface area contributed by atoms with Gasteiger partial charge in [0.15, 0.2) is 0 Å². The van der Waals surface area contributed by atoms with Crippen LogP contribution in [-0.4, -0.2) is 13.2 Å². The fourth-order valence-electron chi connectivity index (χ4n) is 3.06. The maximum atomic E-state index is 5.80. The van der Waals surface area contributed by atoms with Gasteiger partial charge in [0.2, 0.25) is 0 Å². The Bertz CT molecular complexity index is 458. The van der Waals surface area contributed by atoms with Crippen LogP contribution in [0.5, 0.6) is 0 Å². The topological polar surface area (TPSA) is 9.23 Å². The van der Waals surface area contributed by atoms with Gasteiger partial charge in [-0.3, -0.25) is 0 Å². The summed E-state index contributed by atoms with van der Waals surface area (Å²) in [6, 6.07) is 4.69. The van der Waals surface area contributed by atoms with Gasteiger partial charge in [-0.05, 0) is 61.8 Å². The summed E-state index contributed by atoms with van der Waals surface area (Å²) in [6.45, 7) is 14.7. The largest absolute Gasteiger partial charge is 0.377 e. The standard InChI is InChI=1S/C18H26O.C2H6/c1-5-15-10-13(3)11-16(6-2)18(15)17-12-19-9-7-8-14(17)4;1-2/h10-11H,5-9,12H2,1-4H3;1-2H3. The summed E-state index contributed by atoms with van der Waals surface area (Å²) < 4.78 is 5.80. The van der Waals surface area contributed by atoms with Crippen molar-refractivity contribution in [1.29, 1.82) is 0 Å². The van der Waals surface area contributed by atoms with E-state index in [4.69, 9.17) is 4.74 Å². The van der Waals surface area contributed by atoms with Gasteiger partial charge < -0.3 is 4.74 Å². The zero-order chi connectivity index (χ0) is 15.8. The number of allylic oxidation sites excluding steroid dienone is 1. The summed E-state index contributed by atoms with van der Waals surface area (Å²) in [6.07, 6.45) is 4.53. The quantitative estimate of drug-likeness (QED) is 0.690. The number of hydrogen-bond acceptors (Lipinski definition) is 1. The van der Waals surface area contributed by atoms with Crippen molar-refractivity contribution in [3.8, 4) is 0 Å². The van der Waals surface area contributed by atoms with Crippen LogP contribution < -0.4 is 0 Å². The van der Waals surface area contributed by atoms with Crippen molar-refractivity contribution in [1.82, 2.24) is 0 Å². The molecule has 1 nitrogen and oxygen atoms in total. The second-order valence-electron chi connectivity index (χ2n) is 5.58. The van der Waals surface area contributed by atoms with Gasteiger partial charge in [0.1, 0.15) is 0 Å². The predicted molar refractivity (Wildman–Crippen MR) is 93.9 cm³/mol. The minimum absolute atomic E-state index is 0.787. The smallest absolute Gasteiger partial charge is 0.0722 e. The molecule has 0 aliphatic carbocycles. The van der Waals surface area contributed by atoms with Gasteiger partial charge in [0.05, 0.1) is 6.61 Å². The lowest BCUT2D eigenvalue weighted by molar-refractivity contribution is 0.169. The minimum atomic E-state index is 0.787. The number of aryl methyl sites for hydroxylation is 3. The van der Waals surface area contributed by atoms with E-state index < -0.39 is 0 Å². The molecule has 0 unspecified atom stereocenters. The molecule has 0 saturated carbocycles. The number of ether oxygens (including phenoxy) is 1. The van der Waals surface area contributed by atoms with Gasteiger partial charge in [-0.2, -0.15) is 0 Å². The van der Waals surface area contributed by atoms with Crippen molar-refractivity contribution in [3.63, 3.8) is 0 Å². The highest BCUT2D eigenvalue weighted by Gasteiger charge is 2.16. The molecule has 0 amide bonds. The van der Waals surface area contributed by atoms with E-state index in [0.29, 0.717) is 0 Å². The summed E-state index contributed by atoms with van der Waals surface area (Å²) in [4.78, 5) is 0. The predicted octanol–water partition coefficient (Wildman–Crippen LogP) is 5.73. The highest BCUT2D eigenvalue weighted by Crippen LogP contribution is 2.31. The van der Waals surface area contributed by atoms with Crippen molar-refractivity contribution in [2.24, 2.45) is 0 Å². The van der Waals surface area contributed by atoms with Crippen LogP contribution in [0.4, 0.5) is 0 Å². The van der Waals surface area contributed by atoms with Crippen LogP contribution in [0.3, 0.4) is 0 Å². The van der Waals surface area contributed by atoms with Crippen LogP contribution >= 0.6 is 0 Å². The molecule has 21 heavy (non-hydrogen) atoms. The monoisotopic (exact) mass is 288 g/mol. The normalized spacial score (nSPS) is 15.3. The molecule has 2 rings (SSSR count). The number of rotatable bonds is 3. The number of hydrogen-bond donors (Lipinski definition) is 0. The van der Waals surface area contributed by atoms with Crippen LogP contribution in [0, 0.1) is 6.92 Å².